The van der Waals surface area contributed by atoms with Gasteiger partial charge in [-0.15, -0.1) is 0 Å². The van der Waals surface area contributed by atoms with Crippen LogP contribution in [0.4, 0.5) is 0 Å². The van der Waals surface area contributed by atoms with Gasteiger partial charge in [-0.2, -0.15) is 5.10 Å². The zero-order valence-electron chi connectivity index (χ0n) is 5.77. The Morgan fingerprint density at radius 2 is 2.40 bits per heavy atom. The van der Waals surface area contributed by atoms with Crippen LogP contribution in [0.25, 0.3) is 0 Å². The Balaban J connectivity index is 2.34. The van der Waals surface area contributed by atoms with Crippen molar-refractivity contribution in [3.05, 3.63) is 30.6 Å². The second-order valence-electron chi connectivity index (χ2n) is 1.94. The van der Waals surface area contributed by atoms with E-state index in [0.717, 1.165) is 6.54 Å². The first kappa shape index (κ1) is 7.02. The summed E-state index contributed by atoms with van der Waals surface area (Å²) in [6.07, 6.45) is 7.59. The summed E-state index contributed by atoms with van der Waals surface area (Å²) in [6.45, 7) is 1.41. The first-order valence-electron chi connectivity index (χ1n) is 3.26. The molecule has 1 aromatic heterocycles. The van der Waals surface area contributed by atoms with E-state index in [0.29, 0.717) is 6.54 Å². The highest BCUT2D eigenvalue weighted by Crippen LogP contribution is 1.84. The van der Waals surface area contributed by atoms with E-state index in [-0.39, 0.29) is 0 Å². The van der Waals surface area contributed by atoms with Gasteiger partial charge >= 0.3 is 0 Å². The van der Waals surface area contributed by atoms with Gasteiger partial charge in [0.15, 0.2) is 0 Å². The minimum Gasteiger partial charge on any atom is -0.327 e. The van der Waals surface area contributed by atoms with Crippen molar-refractivity contribution >= 4 is 0 Å². The van der Waals surface area contributed by atoms with Crippen LogP contribution in [0.5, 0.6) is 0 Å². The van der Waals surface area contributed by atoms with Gasteiger partial charge in [-0.3, -0.25) is 4.68 Å². The molecule has 0 spiro atoms. The van der Waals surface area contributed by atoms with E-state index >= 15 is 0 Å². The third kappa shape index (κ3) is 2.03. The molecule has 0 aromatic carbocycles. The van der Waals surface area contributed by atoms with Crippen molar-refractivity contribution in [2.24, 2.45) is 5.73 Å². The molecule has 0 bridgehead atoms. The van der Waals surface area contributed by atoms with Crippen molar-refractivity contribution < 1.29 is 0 Å². The van der Waals surface area contributed by atoms with E-state index in [1.165, 1.54) is 0 Å². The molecule has 0 fully saturated rings. The summed E-state index contributed by atoms with van der Waals surface area (Å²) in [5, 5.41) is 4.01. The van der Waals surface area contributed by atoms with Crippen molar-refractivity contribution in [3.8, 4) is 0 Å². The zero-order chi connectivity index (χ0) is 7.23. The van der Waals surface area contributed by atoms with Crippen LogP contribution in [-0.4, -0.2) is 16.3 Å². The Morgan fingerprint density at radius 3 is 3.00 bits per heavy atom. The third-order valence-electron chi connectivity index (χ3n) is 1.15. The molecule has 0 unspecified atom stereocenters. The molecular weight excluding hydrogens is 126 g/mol. The summed E-state index contributed by atoms with van der Waals surface area (Å²) < 4.78 is 1.84. The van der Waals surface area contributed by atoms with Crippen LogP contribution in [0.2, 0.25) is 0 Å². The average molecular weight is 137 g/mol. The molecule has 0 aliphatic rings. The lowest BCUT2D eigenvalue weighted by Gasteiger charge is -1.91. The zero-order valence-corrected chi connectivity index (χ0v) is 5.77. The quantitative estimate of drug-likeness (QED) is 0.613. The molecule has 10 heavy (non-hydrogen) atoms. The Hall–Kier alpha value is -1.09. The fraction of sp³-hybridized carbons (Fsp3) is 0.286. The molecule has 0 radical (unpaired) electrons. The second-order valence-corrected chi connectivity index (χ2v) is 1.94. The molecule has 0 saturated heterocycles. The number of nitrogens with two attached hydrogens (primary N) is 1. The second kappa shape index (κ2) is 3.85. The molecule has 0 amide bonds. The van der Waals surface area contributed by atoms with Crippen LogP contribution in [0.15, 0.2) is 30.6 Å². The third-order valence-corrected chi connectivity index (χ3v) is 1.15. The van der Waals surface area contributed by atoms with Gasteiger partial charge in [-0.05, 0) is 6.07 Å². The number of hydrogen-bond donors (Lipinski definition) is 1. The molecule has 1 rings (SSSR count). The van der Waals surface area contributed by atoms with Gasteiger partial charge in [0.1, 0.15) is 0 Å². The molecule has 3 nitrogen and oxygen atoms in total. The molecule has 3 heteroatoms. The highest BCUT2D eigenvalue weighted by molar-refractivity contribution is 4.85. The summed E-state index contributed by atoms with van der Waals surface area (Å²) in [7, 11) is 0. The molecule has 1 heterocycles. The first-order valence-corrected chi connectivity index (χ1v) is 3.26. The van der Waals surface area contributed by atoms with Crippen LogP contribution in [0.1, 0.15) is 0 Å². The number of nitrogens with zero attached hydrogens (tertiary/aromatic N) is 2. The van der Waals surface area contributed by atoms with Crippen molar-refractivity contribution in [1.82, 2.24) is 9.78 Å². The summed E-state index contributed by atoms with van der Waals surface area (Å²) in [5.74, 6) is 0. The van der Waals surface area contributed by atoms with E-state index in [4.69, 9.17) is 5.73 Å². The van der Waals surface area contributed by atoms with Gasteiger partial charge in [0, 0.05) is 18.9 Å². The van der Waals surface area contributed by atoms with Crippen molar-refractivity contribution in [2.75, 3.05) is 6.54 Å². The van der Waals surface area contributed by atoms with Gasteiger partial charge in [-0.25, -0.2) is 0 Å². The topological polar surface area (TPSA) is 43.8 Å². The van der Waals surface area contributed by atoms with Gasteiger partial charge in [0.05, 0.1) is 6.54 Å². The summed E-state index contributed by atoms with van der Waals surface area (Å²) in [6, 6.07) is 1.90. The van der Waals surface area contributed by atoms with Gasteiger partial charge in [-0.1, -0.05) is 12.2 Å². The molecule has 54 valence electrons. The highest BCUT2D eigenvalue weighted by Gasteiger charge is 1.81. The molecule has 0 saturated carbocycles. The SMILES string of the molecule is NC/C=C/Cn1cccn1. The fourth-order valence-electron chi connectivity index (χ4n) is 0.687. The van der Waals surface area contributed by atoms with Crippen LogP contribution in [-0.2, 0) is 6.54 Å². The Bertz CT molecular complexity index is 189. The molecule has 0 aliphatic heterocycles. The monoisotopic (exact) mass is 137 g/mol. The van der Waals surface area contributed by atoms with Crippen LogP contribution < -0.4 is 5.73 Å². The minimum atomic E-state index is 0.598. The van der Waals surface area contributed by atoms with E-state index in [2.05, 4.69) is 5.10 Å². The smallest absolute Gasteiger partial charge is 0.0590 e. The van der Waals surface area contributed by atoms with Gasteiger partial charge in [0.25, 0.3) is 0 Å². The Labute approximate surface area is 60.1 Å². The molecule has 0 atom stereocenters. The summed E-state index contributed by atoms with van der Waals surface area (Å²) in [5.41, 5.74) is 5.25. The number of hydrogen-bond acceptors (Lipinski definition) is 2. The van der Waals surface area contributed by atoms with E-state index in [1.54, 1.807) is 6.20 Å². The van der Waals surface area contributed by atoms with Crippen LogP contribution in [0, 0.1) is 0 Å². The first-order chi connectivity index (χ1) is 4.93. The van der Waals surface area contributed by atoms with Gasteiger partial charge < -0.3 is 5.73 Å². The Morgan fingerprint density at radius 1 is 1.50 bits per heavy atom. The molecule has 2 N–H and O–H groups in total. The minimum absolute atomic E-state index is 0.598. The van der Waals surface area contributed by atoms with Gasteiger partial charge in [0.2, 0.25) is 0 Å². The maximum absolute atomic E-state index is 5.25. The molecular formula is C7H11N3. The Kier molecular flexibility index (Phi) is 2.70. The summed E-state index contributed by atoms with van der Waals surface area (Å²) in [4.78, 5) is 0. The van der Waals surface area contributed by atoms with Crippen molar-refractivity contribution in [2.45, 2.75) is 6.54 Å². The van der Waals surface area contributed by atoms with Crippen molar-refractivity contribution in [3.63, 3.8) is 0 Å². The molecule has 0 aliphatic carbocycles. The van der Waals surface area contributed by atoms with Crippen molar-refractivity contribution in [1.29, 1.82) is 0 Å². The van der Waals surface area contributed by atoms with E-state index in [9.17, 15) is 0 Å². The standard InChI is InChI=1S/C7H11N3/c8-4-1-2-6-10-7-3-5-9-10/h1-3,5,7H,4,6,8H2/b2-1+. The lowest BCUT2D eigenvalue weighted by Crippen LogP contribution is -1.97. The predicted octanol–water partition coefficient (Wildman–Crippen LogP) is 0.398. The number of rotatable bonds is 3. The predicted molar refractivity (Wildman–Crippen MR) is 40.4 cm³/mol. The maximum Gasteiger partial charge on any atom is 0.0590 e. The largest absolute Gasteiger partial charge is 0.327 e. The van der Waals surface area contributed by atoms with Crippen LogP contribution >= 0.6 is 0 Å². The maximum atomic E-state index is 5.25. The number of allylic oxidation sites excluding steroid dienone is 1. The molecule has 1 aromatic rings. The average Bonchev–Trinajstić information content (AvgIpc) is 2.41. The summed E-state index contributed by atoms with van der Waals surface area (Å²) >= 11 is 0. The van der Waals surface area contributed by atoms with E-state index in [1.807, 2.05) is 29.1 Å². The fourth-order valence-corrected chi connectivity index (χ4v) is 0.687. The van der Waals surface area contributed by atoms with E-state index < -0.39 is 0 Å². The highest BCUT2D eigenvalue weighted by atomic mass is 15.3. The number of aromatic nitrogens is 2. The lowest BCUT2D eigenvalue weighted by molar-refractivity contribution is 0.701. The van der Waals surface area contributed by atoms with Crippen LogP contribution in [0.3, 0.4) is 0 Å². The lowest BCUT2D eigenvalue weighted by atomic mass is 10.5. The normalized spacial score (nSPS) is 10.9.